The highest BCUT2D eigenvalue weighted by Gasteiger charge is 2.19. The fraction of sp³-hybridized carbons (Fsp3) is 0.240. The van der Waals surface area contributed by atoms with Crippen LogP contribution in [0, 0.1) is 12.7 Å². The molecular weight excluding hydrogens is 471 g/mol. The molecule has 0 saturated carbocycles. The molecule has 0 radical (unpaired) electrons. The lowest BCUT2D eigenvalue weighted by molar-refractivity contribution is 0.0955. The van der Waals surface area contributed by atoms with Crippen LogP contribution in [-0.4, -0.2) is 59.4 Å². The first-order valence-electron chi connectivity index (χ1n) is 10.9. The number of aliphatic hydroxyl groups is 2. The van der Waals surface area contributed by atoms with Gasteiger partial charge in [0.05, 0.1) is 25.0 Å². The van der Waals surface area contributed by atoms with Gasteiger partial charge in [-0.25, -0.2) is 9.82 Å². The van der Waals surface area contributed by atoms with Gasteiger partial charge in [-0.1, -0.05) is 24.3 Å². The molecule has 0 bridgehead atoms. The normalized spacial score (nSPS) is 11.2. The zero-order valence-electron chi connectivity index (χ0n) is 19.2. The first kappa shape index (κ1) is 26.2. The Balaban J connectivity index is 1.69. The molecule has 0 saturated heterocycles. The Bertz CT molecular complexity index is 1190. The van der Waals surface area contributed by atoms with E-state index < -0.39 is 11.7 Å². The van der Waals surface area contributed by atoms with E-state index in [-0.39, 0.29) is 19.1 Å². The Kier molecular flexibility index (Phi) is 9.62. The predicted molar refractivity (Wildman–Crippen MR) is 134 cm³/mol. The fourth-order valence-corrected chi connectivity index (χ4v) is 4.36. The van der Waals surface area contributed by atoms with Crippen LogP contribution in [-0.2, 0) is 6.54 Å². The molecule has 35 heavy (non-hydrogen) atoms. The number of halogens is 1. The number of hydrogen-bond acceptors (Lipinski definition) is 7. The third kappa shape index (κ3) is 7.52. The van der Waals surface area contributed by atoms with Crippen molar-refractivity contribution in [3.8, 4) is 0 Å². The number of nitrogens with one attached hydrogen (secondary N) is 2. The highest BCUT2D eigenvalue weighted by atomic mass is 32.1. The minimum absolute atomic E-state index is 0.0327. The molecule has 8 nitrogen and oxygen atoms in total. The molecule has 0 aliphatic carbocycles. The van der Waals surface area contributed by atoms with Crippen molar-refractivity contribution in [1.82, 2.24) is 10.3 Å². The van der Waals surface area contributed by atoms with E-state index in [2.05, 4.69) is 15.8 Å². The molecule has 2 aromatic carbocycles. The molecule has 0 fully saturated rings. The van der Waals surface area contributed by atoms with Crippen LogP contribution < -0.4 is 10.7 Å². The second-order valence-electron chi connectivity index (χ2n) is 7.75. The Morgan fingerprint density at radius 1 is 1.09 bits per heavy atom. The Hall–Kier alpha value is -3.44. The van der Waals surface area contributed by atoms with Crippen LogP contribution in [0.3, 0.4) is 0 Å². The summed E-state index contributed by atoms with van der Waals surface area (Å²) in [5.41, 5.74) is 5.16. The van der Waals surface area contributed by atoms with Crippen LogP contribution >= 0.6 is 11.3 Å². The van der Waals surface area contributed by atoms with Crippen molar-refractivity contribution in [2.45, 2.75) is 13.5 Å². The number of anilines is 1. The number of amides is 2. The van der Waals surface area contributed by atoms with Gasteiger partial charge in [-0.3, -0.25) is 14.5 Å². The third-order valence-corrected chi connectivity index (χ3v) is 6.10. The number of nitrogens with zero attached hydrogens (tertiary/aromatic N) is 2. The molecule has 3 aromatic rings. The topological polar surface area (TPSA) is 114 Å². The number of hydrogen-bond donors (Lipinski definition) is 4. The Morgan fingerprint density at radius 3 is 2.54 bits per heavy atom. The van der Waals surface area contributed by atoms with Crippen molar-refractivity contribution in [2.24, 2.45) is 5.10 Å². The highest BCUT2D eigenvalue weighted by Crippen LogP contribution is 2.28. The van der Waals surface area contributed by atoms with Gasteiger partial charge in [0, 0.05) is 25.2 Å². The minimum atomic E-state index is -0.496. The van der Waals surface area contributed by atoms with Gasteiger partial charge in [0.2, 0.25) is 0 Å². The van der Waals surface area contributed by atoms with E-state index in [1.54, 1.807) is 42.6 Å². The summed E-state index contributed by atoms with van der Waals surface area (Å²) < 4.78 is 13.3. The molecule has 0 spiro atoms. The van der Waals surface area contributed by atoms with Crippen LogP contribution in [0.5, 0.6) is 0 Å². The molecule has 1 heterocycles. The maximum atomic E-state index is 13.3. The molecule has 0 aliphatic heterocycles. The largest absolute Gasteiger partial charge is 0.395 e. The van der Waals surface area contributed by atoms with E-state index in [1.807, 2.05) is 11.0 Å². The number of benzene rings is 2. The predicted octanol–water partition coefficient (Wildman–Crippen LogP) is 3.00. The molecular formula is C25H27FN4O4S. The van der Waals surface area contributed by atoms with Crippen molar-refractivity contribution < 1.29 is 24.2 Å². The van der Waals surface area contributed by atoms with Crippen molar-refractivity contribution in [2.75, 3.05) is 31.6 Å². The summed E-state index contributed by atoms with van der Waals surface area (Å²) in [4.78, 5) is 27.5. The second-order valence-corrected chi connectivity index (χ2v) is 8.63. The van der Waals surface area contributed by atoms with Gasteiger partial charge < -0.3 is 15.5 Å². The lowest BCUT2D eigenvalue weighted by Gasteiger charge is -2.20. The molecule has 2 amide bonds. The van der Waals surface area contributed by atoms with Crippen LogP contribution in [0.1, 0.15) is 37.4 Å². The summed E-state index contributed by atoms with van der Waals surface area (Å²) in [5, 5.41) is 27.2. The second kappa shape index (κ2) is 12.9. The standard InChI is InChI=1S/C25H27FN4O4S/c1-17-16-35-25(22(17)24(34)29-27-14-18-4-3-7-21(26)13-18)28-23(33)20-6-2-5-19(12-20)15-30(8-10-31)9-11-32/h2-7,12-14,16,31-32H,8-11,15H2,1H3,(H,28,33)(H,29,34). The van der Waals surface area contributed by atoms with Gasteiger partial charge in [-0.2, -0.15) is 5.10 Å². The third-order valence-electron chi connectivity index (χ3n) is 5.09. The highest BCUT2D eigenvalue weighted by molar-refractivity contribution is 7.15. The summed E-state index contributed by atoms with van der Waals surface area (Å²) in [6, 6.07) is 12.8. The SMILES string of the molecule is Cc1csc(NC(=O)c2cccc(CN(CCO)CCO)c2)c1C(=O)NN=Cc1cccc(F)c1. The van der Waals surface area contributed by atoms with Crippen LogP contribution in [0.4, 0.5) is 9.39 Å². The van der Waals surface area contributed by atoms with Gasteiger partial charge in [-0.05, 0) is 53.3 Å². The number of carbonyl (C=O) groups is 2. The number of aliphatic hydroxyl groups excluding tert-OH is 2. The average molecular weight is 499 g/mol. The molecule has 184 valence electrons. The molecule has 4 N–H and O–H groups in total. The van der Waals surface area contributed by atoms with E-state index in [1.165, 1.54) is 29.7 Å². The molecule has 3 rings (SSSR count). The lowest BCUT2D eigenvalue weighted by atomic mass is 10.1. The molecule has 0 aliphatic rings. The molecule has 1 aromatic heterocycles. The summed E-state index contributed by atoms with van der Waals surface area (Å²) >= 11 is 1.23. The average Bonchev–Trinajstić information content (AvgIpc) is 3.19. The minimum Gasteiger partial charge on any atom is -0.395 e. The van der Waals surface area contributed by atoms with Gasteiger partial charge in [0.1, 0.15) is 10.8 Å². The zero-order valence-corrected chi connectivity index (χ0v) is 20.0. The molecule has 10 heteroatoms. The number of carbonyl (C=O) groups excluding carboxylic acids is 2. The van der Waals surface area contributed by atoms with Crippen molar-refractivity contribution in [1.29, 1.82) is 0 Å². The van der Waals surface area contributed by atoms with Gasteiger partial charge in [0.25, 0.3) is 11.8 Å². The number of aryl methyl sites for hydroxylation is 1. The summed E-state index contributed by atoms with van der Waals surface area (Å²) in [7, 11) is 0. The van der Waals surface area contributed by atoms with Gasteiger partial charge >= 0.3 is 0 Å². The van der Waals surface area contributed by atoms with Crippen LogP contribution in [0.15, 0.2) is 59.0 Å². The monoisotopic (exact) mass is 498 g/mol. The Morgan fingerprint density at radius 2 is 1.83 bits per heavy atom. The van der Waals surface area contributed by atoms with E-state index in [0.717, 1.165) is 5.56 Å². The van der Waals surface area contributed by atoms with E-state index in [9.17, 15) is 24.2 Å². The maximum absolute atomic E-state index is 13.3. The van der Waals surface area contributed by atoms with E-state index in [4.69, 9.17) is 0 Å². The summed E-state index contributed by atoms with van der Waals surface area (Å²) in [6.07, 6.45) is 1.34. The van der Waals surface area contributed by atoms with Crippen molar-refractivity contribution >= 4 is 34.4 Å². The smallest absolute Gasteiger partial charge is 0.274 e. The van der Waals surface area contributed by atoms with E-state index in [0.29, 0.717) is 46.9 Å². The van der Waals surface area contributed by atoms with Crippen molar-refractivity contribution in [3.63, 3.8) is 0 Å². The molecule has 0 unspecified atom stereocenters. The summed E-state index contributed by atoms with van der Waals surface area (Å²) in [6.45, 7) is 2.98. The molecule has 0 atom stereocenters. The van der Waals surface area contributed by atoms with Gasteiger partial charge in [0.15, 0.2) is 0 Å². The number of hydrazone groups is 1. The number of rotatable bonds is 11. The van der Waals surface area contributed by atoms with Crippen molar-refractivity contribution in [3.05, 3.63) is 87.5 Å². The van der Waals surface area contributed by atoms with E-state index >= 15 is 0 Å². The fourth-order valence-electron chi connectivity index (χ4n) is 3.42. The van der Waals surface area contributed by atoms with Crippen LogP contribution in [0.2, 0.25) is 0 Å². The van der Waals surface area contributed by atoms with Gasteiger partial charge in [-0.15, -0.1) is 11.3 Å². The zero-order chi connectivity index (χ0) is 25.2. The quantitative estimate of drug-likeness (QED) is 0.240. The number of thiophene rings is 1. The summed E-state index contributed by atoms with van der Waals surface area (Å²) in [5.74, 6) is -1.27. The maximum Gasteiger partial charge on any atom is 0.274 e. The Labute approximate surface area is 206 Å². The first-order valence-corrected chi connectivity index (χ1v) is 11.8. The van der Waals surface area contributed by atoms with Crippen LogP contribution in [0.25, 0.3) is 0 Å². The lowest BCUT2D eigenvalue weighted by Crippen LogP contribution is -2.29. The first-order chi connectivity index (χ1) is 16.9.